The Morgan fingerprint density at radius 2 is 1.90 bits per heavy atom. The highest BCUT2D eigenvalue weighted by Gasteiger charge is 2.13. The molecule has 1 heterocycles. The number of aromatic nitrogens is 1. The summed E-state index contributed by atoms with van der Waals surface area (Å²) in [5.74, 6) is 0.700. The fourth-order valence-electron chi connectivity index (χ4n) is 2.12. The van der Waals surface area contributed by atoms with Gasteiger partial charge in [0, 0.05) is 18.8 Å². The lowest BCUT2D eigenvalue weighted by Crippen LogP contribution is -2.13. The number of rotatable bonds is 5. The third-order valence-electron chi connectivity index (χ3n) is 3.12. The lowest BCUT2D eigenvalue weighted by atomic mass is 10.1. The van der Waals surface area contributed by atoms with Crippen LogP contribution in [0.1, 0.15) is 16.7 Å². The van der Waals surface area contributed by atoms with Crippen LogP contribution in [0.5, 0.6) is 5.75 Å². The Morgan fingerprint density at radius 3 is 2.43 bits per heavy atom. The van der Waals surface area contributed by atoms with Gasteiger partial charge >= 0.3 is 0 Å². The smallest absolute Gasteiger partial charge is 0.238 e. The second-order valence-electron chi connectivity index (χ2n) is 4.89. The van der Waals surface area contributed by atoms with Gasteiger partial charge < -0.3 is 4.74 Å². The first-order valence-corrected chi connectivity index (χ1v) is 8.08. The number of benzene rings is 1. The highest BCUT2D eigenvalue weighted by Crippen LogP contribution is 2.26. The Labute approximate surface area is 124 Å². The van der Waals surface area contributed by atoms with Crippen LogP contribution in [0.15, 0.2) is 41.6 Å². The van der Waals surface area contributed by atoms with Crippen molar-refractivity contribution in [1.82, 2.24) is 4.98 Å². The van der Waals surface area contributed by atoms with Gasteiger partial charge in [-0.3, -0.25) is 4.98 Å². The minimum absolute atomic E-state index is 0.108. The molecule has 1 aromatic carbocycles. The molecule has 21 heavy (non-hydrogen) atoms. The van der Waals surface area contributed by atoms with Gasteiger partial charge in [0.2, 0.25) is 10.0 Å². The van der Waals surface area contributed by atoms with Gasteiger partial charge in [-0.2, -0.15) is 0 Å². The van der Waals surface area contributed by atoms with Crippen LogP contribution < -0.4 is 9.88 Å². The van der Waals surface area contributed by atoms with Crippen LogP contribution in [0, 0.1) is 13.8 Å². The van der Waals surface area contributed by atoms with Crippen molar-refractivity contribution in [3.63, 3.8) is 0 Å². The predicted molar refractivity (Wildman–Crippen MR) is 80.7 cm³/mol. The summed E-state index contributed by atoms with van der Waals surface area (Å²) >= 11 is 0. The van der Waals surface area contributed by atoms with Gasteiger partial charge in [-0.05, 0) is 48.7 Å². The Morgan fingerprint density at radius 1 is 1.24 bits per heavy atom. The van der Waals surface area contributed by atoms with E-state index in [9.17, 15) is 8.42 Å². The summed E-state index contributed by atoms with van der Waals surface area (Å²) in [5.41, 5.74) is 2.60. The Bertz CT molecular complexity index is 705. The summed E-state index contributed by atoms with van der Waals surface area (Å²) in [6.07, 6.45) is 4.27. The molecule has 2 rings (SSSR count). The average Bonchev–Trinajstić information content (AvgIpc) is 2.42. The normalized spacial score (nSPS) is 11.4. The number of nitrogens with zero attached hydrogens (tertiary/aromatic N) is 1. The molecule has 5 nitrogen and oxygen atoms in total. The summed E-state index contributed by atoms with van der Waals surface area (Å²) < 4.78 is 28.5. The zero-order valence-corrected chi connectivity index (χ0v) is 12.9. The number of aryl methyl sites for hydroxylation is 2. The van der Waals surface area contributed by atoms with Crippen molar-refractivity contribution in [2.75, 3.05) is 6.61 Å². The van der Waals surface area contributed by atoms with Crippen molar-refractivity contribution >= 4 is 10.0 Å². The average molecular weight is 306 g/mol. The van der Waals surface area contributed by atoms with Gasteiger partial charge in [-0.1, -0.05) is 6.07 Å². The van der Waals surface area contributed by atoms with E-state index in [1.165, 1.54) is 12.1 Å². The van der Waals surface area contributed by atoms with Crippen LogP contribution in [-0.4, -0.2) is 20.0 Å². The van der Waals surface area contributed by atoms with E-state index in [2.05, 4.69) is 4.98 Å². The van der Waals surface area contributed by atoms with Crippen LogP contribution in [0.2, 0.25) is 0 Å². The van der Waals surface area contributed by atoms with Crippen LogP contribution in [-0.2, 0) is 16.4 Å². The molecule has 0 unspecified atom stereocenters. The van der Waals surface area contributed by atoms with Crippen LogP contribution in [0.3, 0.4) is 0 Å². The van der Waals surface area contributed by atoms with Crippen molar-refractivity contribution in [3.05, 3.63) is 53.3 Å². The van der Waals surface area contributed by atoms with E-state index in [1.54, 1.807) is 26.2 Å². The molecule has 0 bridgehead atoms. The molecule has 0 saturated heterocycles. The number of primary sulfonamides is 1. The lowest BCUT2D eigenvalue weighted by molar-refractivity contribution is 0.317. The van der Waals surface area contributed by atoms with Crippen LogP contribution in [0.4, 0.5) is 0 Å². The Balaban J connectivity index is 2.11. The molecule has 6 heteroatoms. The van der Waals surface area contributed by atoms with E-state index in [1.807, 2.05) is 12.1 Å². The van der Waals surface area contributed by atoms with E-state index in [4.69, 9.17) is 9.88 Å². The van der Waals surface area contributed by atoms with Gasteiger partial charge in [0.1, 0.15) is 5.75 Å². The molecule has 112 valence electrons. The fraction of sp³-hybridized carbons (Fsp3) is 0.267. The second kappa shape index (κ2) is 6.24. The summed E-state index contributed by atoms with van der Waals surface area (Å²) in [4.78, 5) is 4.16. The van der Waals surface area contributed by atoms with Crippen molar-refractivity contribution < 1.29 is 13.2 Å². The molecule has 0 aliphatic heterocycles. The van der Waals surface area contributed by atoms with Crippen LogP contribution in [0.25, 0.3) is 0 Å². The standard InChI is InChI=1S/C15H18N2O3S/c1-11-8-14(21(16,18)19)9-12(2)15(11)20-7-5-13-4-3-6-17-10-13/h3-4,6,8-10H,5,7H2,1-2H3,(H2,16,18,19). The van der Waals surface area contributed by atoms with E-state index in [-0.39, 0.29) is 4.90 Å². The maximum atomic E-state index is 11.4. The van der Waals surface area contributed by atoms with Gasteiger partial charge in [0.25, 0.3) is 0 Å². The zero-order chi connectivity index (χ0) is 15.5. The first-order chi connectivity index (χ1) is 9.88. The molecule has 0 saturated carbocycles. The zero-order valence-electron chi connectivity index (χ0n) is 12.0. The van der Waals surface area contributed by atoms with Crippen molar-refractivity contribution in [2.24, 2.45) is 5.14 Å². The summed E-state index contributed by atoms with van der Waals surface area (Å²) in [6.45, 7) is 4.12. The minimum Gasteiger partial charge on any atom is -0.493 e. The Hall–Kier alpha value is -1.92. The maximum Gasteiger partial charge on any atom is 0.238 e. The van der Waals surface area contributed by atoms with Gasteiger partial charge in [-0.25, -0.2) is 13.6 Å². The number of sulfonamides is 1. The molecule has 0 spiro atoms. The highest BCUT2D eigenvalue weighted by molar-refractivity contribution is 7.89. The van der Waals surface area contributed by atoms with Crippen molar-refractivity contribution in [2.45, 2.75) is 25.2 Å². The quantitative estimate of drug-likeness (QED) is 0.915. The van der Waals surface area contributed by atoms with Gasteiger partial charge in [0.15, 0.2) is 0 Å². The molecule has 2 N–H and O–H groups in total. The summed E-state index contributed by atoms with van der Waals surface area (Å²) in [7, 11) is -3.69. The maximum absolute atomic E-state index is 11.4. The summed E-state index contributed by atoms with van der Waals surface area (Å²) in [5, 5.41) is 5.15. The van der Waals surface area contributed by atoms with Gasteiger partial charge in [-0.15, -0.1) is 0 Å². The molecule has 1 aromatic heterocycles. The predicted octanol–water partition coefficient (Wildman–Crippen LogP) is 1.97. The third-order valence-corrected chi connectivity index (χ3v) is 4.02. The minimum atomic E-state index is -3.69. The van der Waals surface area contributed by atoms with Crippen molar-refractivity contribution in [3.8, 4) is 5.75 Å². The number of nitrogens with two attached hydrogens (primary N) is 1. The van der Waals surface area contributed by atoms with Crippen molar-refractivity contribution in [1.29, 1.82) is 0 Å². The highest BCUT2D eigenvalue weighted by atomic mass is 32.2. The molecule has 0 amide bonds. The topological polar surface area (TPSA) is 82.3 Å². The second-order valence-corrected chi connectivity index (χ2v) is 6.45. The number of pyridine rings is 1. The molecular weight excluding hydrogens is 288 g/mol. The molecule has 0 aliphatic rings. The first-order valence-electron chi connectivity index (χ1n) is 6.53. The van der Waals surface area contributed by atoms with Gasteiger partial charge in [0.05, 0.1) is 11.5 Å². The molecule has 0 fully saturated rings. The number of hydrogen-bond donors (Lipinski definition) is 1. The lowest BCUT2D eigenvalue weighted by Gasteiger charge is -2.13. The SMILES string of the molecule is Cc1cc(S(N)(=O)=O)cc(C)c1OCCc1cccnc1. The van der Waals surface area contributed by atoms with E-state index < -0.39 is 10.0 Å². The van der Waals surface area contributed by atoms with E-state index >= 15 is 0 Å². The fourth-order valence-corrected chi connectivity index (χ4v) is 2.80. The molecule has 0 aliphatic carbocycles. The Kier molecular flexibility index (Phi) is 4.59. The third kappa shape index (κ3) is 4.03. The molecular formula is C15H18N2O3S. The molecule has 0 radical (unpaired) electrons. The largest absolute Gasteiger partial charge is 0.493 e. The summed E-state index contributed by atoms with van der Waals surface area (Å²) in [6, 6.07) is 6.93. The molecule has 0 atom stereocenters. The number of hydrogen-bond acceptors (Lipinski definition) is 4. The molecule has 2 aromatic rings. The van der Waals surface area contributed by atoms with E-state index in [0.717, 1.165) is 23.1 Å². The van der Waals surface area contributed by atoms with Crippen LogP contribution >= 0.6 is 0 Å². The monoisotopic (exact) mass is 306 g/mol. The first kappa shape index (κ1) is 15.5. The number of ether oxygens (including phenoxy) is 1. The van der Waals surface area contributed by atoms with E-state index in [0.29, 0.717) is 12.4 Å².